The van der Waals surface area contributed by atoms with Crippen LogP contribution in [0.4, 0.5) is 0 Å². The number of hydrogen-bond donors (Lipinski definition) is 4. The van der Waals surface area contributed by atoms with Crippen LogP contribution in [0.15, 0.2) is 18.2 Å². The second-order valence-electron chi connectivity index (χ2n) is 4.78. The molecule has 4 heteroatoms. The number of nitrogens with one attached hydrogen (secondary N) is 1. The minimum absolute atomic E-state index is 0.123. The standard InChI is InChI=1S/C14H23NO3/c1-4-14(18,5-2)9-15-10(3)12-8-11(16)6-7-13(12)17/h6-8,10,15-18H,4-5,9H2,1-3H3. The van der Waals surface area contributed by atoms with E-state index in [4.69, 9.17) is 0 Å². The van der Waals surface area contributed by atoms with Crippen molar-refractivity contribution in [3.63, 3.8) is 0 Å². The van der Waals surface area contributed by atoms with E-state index in [0.717, 1.165) is 0 Å². The Labute approximate surface area is 108 Å². The molecule has 0 saturated carbocycles. The third-order valence-corrected chi connectivity index (χ3v) is 3.53. The molecule has 0 fully saturated rings. The molecule has 1 rings (SSSR count). The van der Waals surface area contributed by atoms with Crippen molar-refractivity contribution in [2.24, 2.45) is 0 Å². The fraction of sp³-hybridized carbons (Fsp3) is 0.571. The first kappa shape index (κ1) is 14.8. The summed E-state index contributed by atoms with van der Waals surface area (Å²) in [6, 6.07) is 4.31. The highest BCUT2D eigenvalue weighted by Gasteiger charge is 2.23. The lowest BCUT2D eigenvalue weighted by Crippen LogP contribution is -2.40. The van der Waals surface area contributed by atoms with Crippen LogP contribution in [-0.2, 0) is 0 Å². The topological polar surface area (TPSA) is 72.7 Å². The fourth-order valence-electron chi connectivity index (χ4n) is 1.84. The maximum Gasteiger partial charge on any atom is 0.120 e. The second-order valence-corrected chi connectivity index (χ2v) is 4.78. The van der Waals surface area contributed by atoms with Gasteiger partial charge < -0.3 is 20.6 Å². The van der Waals surface area contributed by atoms with Gasteiger partial charge in [-0.15, -0.1) is 0 Å². The van der Waals surface area contributed by atoms with Gasteiger partial charge in [-0.1, -0.05) is 13.8 Å². The van der Waals surface area contributed by atoms with E-state index in [2.05, 4.69) is 5.32 Å². The lowest BCUT2D eigenvalue weighted by molar-refractivity contribution is 0.0302. The van der Waals surface area contributed by atoms with Crippen molar-refractivity contribution >= 4 is 0 Å². The molecule has 0 aliphatic carbocycles. The summed E-state index contributed by atoms with van der Waals surface area (Å²) in [5, 5.41) is 32.5. The lowest BCUT2D eigenvalue weighted by atomic mass is 9.96. The molecule has 102 valence electrons. The Morgan fingerprint density at radius 1 is 1.22 bits per heavy atom. The molecule has 0 aliphatic heterocycles. The van der Waals surface area contributed by atoms with E-state index in [-0.39, 0.29) is 17.5 Å². The lowest BCUT2D eigenvalue weighted by Gasteiger charge is -2.28. The maximum absolute atomic E-state index is 10.2. The SMILES string of the molecule is CCC(O)(CC)CNC(C)c1cc(O)ccc1O. The van der Waals surface area contributed by atoms with Crippen LogP contribution < -0.4 is 5.32 Å². The molecule has 18 heavy (non-hydrogen) atoms. The van der Waals surface area contributed by atoms with Gasteiger partial charge in [0.25, 0.3) is 0 Å². The summed E-state index contributed by atoms with van der Waals surface area (Å²) in [7, 11) is 0. The highest BCUT2D eigenvalue weighted by atomic mass is 16.3. The molecular formula is C14H23NO3. The molecule has 4 nitrogen and oxygen atoms in total. The summed E-state index contributed by atoms with van der Waals surface area (Å²) in [5.74, 6) is 0.266. The molecule has 0 heterocycles. The summed E-state index contributed by atoms with van der Waals surface area (Å²) in [6.07, 6.45) is 1.35. The second kappa shape index (κ2) is 6.07. The number of phenols is 2. The molecule has 4 N–H and O–H groups in total. The number of benzene rings is 1. The predicted molar refractivity (Wildman–Crippen MR) is 71.7 cm³/mol. The Hall–Kier alpha value is -1.26. The van der Waals surface area contributed by atoms with Crippen molar-refractivity contribution in [1.29, 1.82) is 0 Å². The van der Waals surface area contributed by atoms with Gasteiger partial charge in [0.05, 0.1) is 5.60 Å². The Morgan fingerprint density at radius 3 is 2.39 bits per heavy atom. The smallest absolute Gasteiger partial charge is 0.120 e. The summed E-state index contributed by atoms with van der Waals surface area (Å²) in [4.78, 5) is 0. The van der Waals surface area contributed by atoms with E-state index in [1.54, 1.807) is 0 Å². The Morgan fingerprint density at radius 2 is 1.83 bits per heavy atom. The van der Waals surface area contributed by atoms with Gasteiger partial charge >= 0.3 is 0 Å². The molecule has 0 aromatic heterocycles. The Balaban J connectivity index is 2.71. The van der Waals surface area contributed by atoms with Crippen LogP contribution in [-0.4, -0.2) is 27.5 Å². The third kappa shape index (κ3) is 3.62. The van der Waals surface area contributed by atoms with Crippen molar-refractivity contribution in [2.45, 2.75) is 45.3 Å². The van der Waals surface area contributed by atoms with Gasteiger partial charge in [-0.25, -0.2) is 0 Å². The molecule has 1 unspecified atom stereocenters. The monoisotopic (exact) mass is 253 g/mol. The molecule has 0 saturated heterocycles. The summed E-state index contributed by atoms with van der Waals surface area (Å²) >= 11 is 0. The molecule has 0 amide bonds. The number of aliphatic hydroxyl groups is 1. The van der Waals surface area contributed by atoms with E-state index in [1.807, 2.05) is 20.8 Å². The minimum atomic E-state index is -0.722. The highest BCUT2D eigenvalue weighted by Crippen LogP contribution is 2.28. The van der Waals surface area contributed by atoms with Crippen LogP contribution >= 0.6 is 0 Å². The Bertz CT molecular complexity index is 389. The van der Waals surface area contributed by atoms with Gasteiger partial charge in [-0.05, 0) is 38.0 Å². The zero-order chi connectivity index (χ0) is 13.8. The van der Waals surface area contributed by atoms with E-state index < -0.39 is 5.60 Å². The maximum atomic E-state index is 10.2. The first-order chi connectivity index (χ1) is 8.41. The van der Waals surface area contributed by atoms with E-state index >= 15 is 0 Å². The summed E-state index contributed by atoms with van der Waals surface area (Å²) in [5.41, 5.74) is -0.0923. The van der Waals surface area contributed by atoms with E-state index in [9.17, 15) is 15.3 Å². The summed E-state index contributed by atoms with van der Waals surface area (Å²) in [6.45, 7) is 6.24. The highest BCUT2D eigenvalue weighted by molar-refractivity contribution is 5.40. The minimum Gasteiger partial charge on any atom is -0.508 e. The van der Waals surface area contributed by atoms with Crippen LogP contribution in [0.5, 0.6) is 11.5 Å². The number of phenolic OH excluding ortho intramolecular Hbond substituents is 2. The number of hydrogen-bond acceptors (Lipinski definition) is 4. The van der Waals surface area contributed by atoms with Crippen LogP contribution in [0.3, 0.4) is 0 Å². The third-order valence-electron chi connectivity index (χ3n) is 3.53. The first-order valence-corrected chi connectivity index (χ1v) is 6.39. The number of rotatable bonds is 6. The van der Waals surface area contributed by atoms with Gasteiger partial charge in [0.15, 0.2) is 0 Å². The van der Waals surface area contributed by atoms with Crippen LogP contribution in [0.2, 0.25) is 0 Å². The van der Waals surface area contributed by atoms with Gasteiger partial charge in [0.1, 0.15) is 11.5 Å². The molecule has 1 atom stereocenters. The van der Waals surface area contributed by atoms with Crippen molar-refractivity contribution in [1.82, 2.24) is 5.32 Å². The largest absolute Gasteiger partial charge is 0.508 e. The fourth-order valence-corrected chi connectivity index (χ4v) is 1.84. The van der Waals surface area contributed by atoms with Crippen LogP contribution in [0.1, 0.15) is 45.2 Å². The zero-order valence-electron chi connectivity index (χ0n) is 11.3. The van der Waals surface area contributed by atoms with Gasteiger partial charge in [-0.3, -0.25) is 0 Å². The molecule has 1 aromatic rings. The summed E-state index contributed by atoms with van der Waals surface area (Å²) < 4.78 is 0. The Kier molecular flexibility index (Phi) is 4.99. The van der Waals surface area contributed by atoms with E-state index in [1.165, 1.54) is 18.2 Å². The average molecular weight is 253 g/mol. The van der Waals surface area contributed by atoms with Crippen molar-refractivity contribution in [3.8, 4) is 11.5 Å². The van der Waals surface area contributed by atoms with Gasteiger partial charge in [0, 0.05) is 18.2 Å². The first-order valence-electron chi connectivity index (χ1n) is 6.39. The van der Waals surface area contributed by atoms with E-state index in [0.29, 0.717) is 24.9 Å². The number of aromatic hydroxyl groups is 2. The molecule has 0 bridgehead atoms. The van der Waals surface area contributed by atoms with Crippen LogP contribution in [0.25, 0.3) is 0 Å². The molecule has 0 radical (unpaired) electrons. The predicted octanol–water partition coefficient (Wildman–Crippen LogP) is 2.30. The van der Waals surface area contributed by atoms with Gasteiger partial charge in [0.2, 0.25) is 0 Å². The van der Waals surface area contributed by atoms with Gasteiger partial charge in [-0.2, -0.15) is 0 Å². The molecule has 0 spiro atoms. The van der Waals surface area contributed by atoms with Crippen molar-refractivity contribution in [3.05, 3.63) is 23.8 Å². The van der Waals surface area contributed by atoms with Crippen LogP contribution in [0, 0.1) is 0 Å². The normalized spacial score (nSPS) is 13.6. The van der Waals surface area contributed by atoms with Crippen molar-refractivity contribution in [2.75, 3.05) is 6.54 Å². The average Bonchev–Trinajstić information content (AvgIpc) is 2.38. The van der Waals surface area contributed by atoms with Crippen molar-refractivity contribution < 1.29 is 15.3 Å². The molecular weight excluding hydrogens is 230 g/mol. The molecule has 1 aromatic carbocycles. The molecule has 0 aliphatic rings. The zero-order valence-corrected chi connectivity index (χ0v) is 11.3. The quantitative estimate of drug-likeness (QED) is 0.587.